The first-order valence-corrected chi connectivity index (χ1v) is 8.34. The zero-order valence-corrected chi connectivity index (χ0v) is 14.0. The number of ether oxygens (including phenoxy) is 1. The Morgan fingerprint density at radius 3 is 2.62 bits per heavy atom. The van der Waals surface area contributed by atoms with E-state index in [1.54, 1.807) is 18.2 Å². The second kappa shape index (κ2) is 5.95. The van der Waals surface area contributed by atoms with Gasteiger partial charge in [-0.1, -0.05) is 12.1 Å². The second-order valence-electron chi connectivity index (χ2n) is 4.45. The number of anilines is 2. The van der Waals surface area contributed by atoms with E-state index >= 15 is 0 Å². The van der Waals surface area contributed by atoms with Gasteiger partial charge in [0, 0.05) is 10.2 Å². The van der Waals surface area contributed by atoms with Crippen molar-refractivity contribution in [1.82, 2.24) is 0 Å². The number of rotatable bonds is 4. The van der Waals surface area contributed by atoms with Crippen LogP contribution in [0, 0.1) is 6.92 Å². The molecule has 0 aliphatic rings. The Hall–Kier alpha value is -1.73. The largest absolute Gasteiger partial charge is 0.495 e. The molecule has 0 fully saturated rings. The molecule has 0 saturated carbocycles. The van der Waals surface area contributed by atoms with Crippen molar-refractivity contribution < 1.29 is 13.2 Å². The number of nitrogens with two attached hydrogens (primary N) is 1. The van der Waals surface area contributed by atoms with Crippen LogP contribution in [0.1, 0.15) is 5.56 Å². The molecule has 2 aromatic rings. The summed E-state index contributed by atoms with van der Waals surface area (Å²) in [5, 5.41) is 0. The van der Waals surface area contributed by atoms with Crippen LogP contribution in [0.15, 0.2) is 45.8 Å². The number of hydrogen-bond acceptors (Lipinski definition) is 4. The molecule has 2 rings (SSSR count). The van der Waals surface area contributed by atoms with Gasteiger partial charge >= 0.3 is 0 Å². The lowest BCUT2D eigenvalue weighted by Crippen LogP contribution is -2.15. The van der Waals surface area contributed by atoms with E-state index in [0.29, 0.717) is 15.8 Å². The molecule has 0 amide bonds. The predicted molar refractivity (Wildman–Crippen MR) is 87.1 cm³/mol. The molecule has 0 aliphatic heterocycles. The van der Waals surface area contributed by atoms with E-state index in [9.17, 15) is 8.42 Å². The molecular formula is C14H15BrN2O3S. The third kappa shape index (κ3) is 3.30. The van der Waals surface area contributed by atoms with Crippen molar-refractivity contribution in [2.24, 2.45) is 0 Å². The van der Waals surface area contributed by atoms with E-state index in [1.807, 2.05) is 13.0 Å². The van der Waals surface area contributed by atoms with Crippen molar-refractivity contribution in [1.29, 1.82) is 0 Å². The molecule has 112 valence electrons. The van der Waals surface area contributed by atoms with Gasteiger partial charge in [-0.25, -0.2) is 8.42 Å². The normalized spacial score (nSPS) is 11.2. The van der Waals surface area contributed by atoms with Crippen molar-refractivity contribution in [2.75, 3.05) is 17.6 Å². The number of halogens is 1. The number of benzene rings is 2. The van der Waals surface area contributed by atoms with Crippen LogP contribution in [0.5, 0.6) is 5.75 Å². The van der Waals surface area contributed by atoms with Gasteiger partial charge in [-0.05, 0) is 52.7 Å². The van der Waals surface area contributed by atoms with Gasteiger partial charge in [-0.2, -0.15) is 0 Å². The van der Waals surface area contributed by atoms with Gasteiger partial charge < -0.3 is 10.5 Å². The molecule has 7 heteroatoms. The van der Waals surface area contributed by atoms with Crippen LogP contribution >= 0.6 is 15.9 Å². The Labute approximate surface area is 132 Å². The minimum Gasteiger partial charge on any atom is -0.495 e. The molecule has 3 N–H and O–H groups in total. The van der Waals surface area contributed by atoms with Crippen molar-refractivity contribution in [3.05, 3.63) is 46.4 Å². The van der Waals surface area contributed by atoms with Gasteiger partial charge in [-0.15, -0.1) is 0 Å². The van der Waals surface area contributed by atoms with Crippen LogP contribution in [-0.4, -0.2) is 15.5 Å². The highest BCUT2D eigenvalue weighted by Gasteiger charge is 2.21. The molecule has 0 aliphatic carbocycles. The summed E-state index contributed by atoms with van der Waals surface area (Å²) in [6.07, 6.45) is 0. The van der Waals surface area contributed by atoms with E-state index in [4.69, 9.17) is 10.5 Å². The highest BCUT2D eigenvalue weighted by atomic mass is 79.9. The molecule has 0 spiro atoms. The quantitative estimate of drug-likeness (QED) is 0.809. The summed E-state index contributed by atoms with van der Waals surface area (Å²) in [7, 11) is -2.39. The van der Waals surface area contributed by atoms with E-state index in [1.165, 1.54) is 19.2 Å². The minimum absolute atomic E-state index is 0.00148. The lowest BCUT2D eigenvalue weighted by molar-refractivity contribution is 0.403. The highest BCUT2D eigenvalue weighted by Crippen LogP contribution is 2.31. The summed E-state index contributed by atoms with van der Waals surface area (Å²) >= 11 is 3.37. The summed E-state index contributed by atoms with van der Waals surface area (Å²) in [4.78, 5) is -0.00148. The summed E-state index contributed by atoms with van der Waals surface area (Å²) in [5.41, 5.74) is 7.40. The topological polar surface area (TPSA) is 81.4 Å². The molecule has 0 aromatic heterocycles. The third-order valence-corrected chi connectivity index (χ3v) is 5.35. The van der Waals surface area contributed by atoms with Crippen LogP contribution in [0.2, 0.25) is 0 Å². The van der Waals surface area contributed by atoms with Gasteiger partial charge in [0.05, 0.1) is 12.8 Å². The number of methoxy groups -OCH3 is 1. The summed E-state index contributed by atoms with van der Waals surface area (Å²) in [5.74, 6) is 0.237. The first kappa shape index (κ1) is 15.7. The van der Waals surface area contributed by atoms with E-state index in [2.05, 4.69) is 20.7 Å². The molecular weight excluding hydrogens is 356 g/mol. The van der Waals surface area contributed by atoms with Gasteiger partial charge in [0.15, 0.2) is 0 Å². The Balaban J connectivity index is 2.48. The fourth-order valence-corrected chi connectivity index (χ4v) is 3.60. The molecule has 5 nitrogen and oxygen atoms in total. The molecule has 2 aromatic carbocycles. The van der Waals surface area contributed by atoms with E-state index in [-0.39, 0.29) is 10.6 Å². The number of nitrogen functional groups attached to an aromatic ring is 1. The Bertz CT molecular complexity index is 776. The van der Waals surface area contributed by atoms with Crippen LogP contribution in [0.25, 0.3) is 0 Å². The van der Waals surface area contributed by atoms with Crippen LogP contribution in [0.4, 0.5) is 11.4 Å². The molecule has 0 heterocycles. The third-order valence-electron chi connectivity index (χ3n) is 2.91. The van der Waals surface area contributed by atoms with E-state index < -0.39 is 10.0 Å². The van der Waals surface area contributed by atoms with E-state index in [0.717, 1.165) is 5.56 Å². The maximum atomic E-state index is 12.5. The van der Waals surface area contributed by atoms with Gasteiger partial charge in [0.2, 0.25) is 0 Å². The zero-order chi connectivity index (χ0) is 15.6. The smallest absolute Gasteiger partial charge is 0.265 e. The zero-order valence-electron chi connectivity index (χ0n) is 11.6. The second-order valence-corrected chi connectivity index (χ2v) is 6.90. The average molecular weight is 371 g/mol. The monoisotopic (exact) mass is 370 g/mol. The first-order valence-electron chi connectivity index (χ1n) is 6.06. The lowest BCUT2D eigenvalue weighted by Gasteiger charge is -2.14. The van der Waals surface area contributed by atoms with Crippen LogP contribution < -0.4 is 15.2 Å². The summed E-state index contributed by atoms with van der Waals surface area (Å²) in [6, 6.07) is 9.80. The number of hydrogen-bond donors (Lipinski definition) is 2. The van der Waals surface area contributed by atoms with Crippen molar-refractivity contribution >= 4 is 37.3 Å². The van der Waals surface area contributed by atoms with Crippen LogP contribution in [-0.2, 0) is 10.0 Å². The maximum Gasteiger partial charge on any atom is 0.265 e. The molecule has 0 radical (unpaired) electrons. The number of aryl methyl sites for hydroxylation is 1. The molecule has 0 unspecified atom stereocenters. The minimum atomic E-state index is -3.80. The fourth-order valence-electron chi connectivity index (χ4n) is 1.83. The SMILES string of the molecule is COc1ccc(N)cc1S(=O)(=O)Nc1cccc(C)c1Br. The fraction of sp³-hybridized carbons (Fsp3) is 0.143. The Morgan fingerprint density at radius 2 is 1.95 bits per heavy atom. The van der Waals surface area contributed by atoms with Gasteiger partial charge in [0.25, 0.3) is 10.0 Å². The molecule has 0 atom stereocenters. The summed E-state index contributed by atoms with van der Waals surface area (Å²) < 4.78 is 33.4. The standard InChI is InChI=1S/C14H15BrN2O3S/c1-9-4-3-5-11(14(9)15)17-21(18,19)13-8-10(16)6-7-12(13)20-2/h3-8,17H,16H2,1-2H3. The molecule has 0 saturated heterocycles. The molecule has 0 bridgehead atoms. The summed E-state index contributed by atoms with van der Waals surface area (Å²) in [6.45, 7) is 1.88. The Kier molecular flexibility index (Phi) is 4.43. The first-order chi connectivity index (χ1) is 9.85. The number of nitrogens with one attached hydrogen (secondary N) is 1. The van der Waals surface area contributed by atoms with Gasteiger partial charge in [-0.3, -0.25) is 4.72 Å². The number of sulfonamides is 1. The van der Waals surface area contributed by atoms with Crippen molar-refractivity contribution in [2.45, 2.75) is 11.8 Å². The van der Waals surface area contributed by atoms with Crippen molar-refractivity contribution in [3.63, 3.8) is 0 Å². The molecule has 21 heavy (non-hydrogen) atoms. The maximum absolute atomic E-state index is 12.5. The highest BCUT2D eigenvalue weighted by molar-refractivity contribution is 9.10. The van der Waals surface area contributed by atoms with Gasteiger partial charge in [0.1, 0.15) is 10.6 Å². The Morgan fingerprint density at radius 1 is 1.24 bits per heavy atom. The average Bonchev–Trinajstić information content (AvgIpc) is 2.44. The lowest BCUT2D eigenvalue weighted by atomic mass is 10.2. The predicted octanol–water partition coefficient (Wildman–Crippen LogP) is 3.15. The van der Waals surface area contributed by atoms with Crippen LogP contribution in [0.3, 0.4) is 0 Å². The van der Waals surface area contributed by atoms with Crippen molar-refractivity contribution in [3.8, 4) is 5.75 Å².